The molecule has 0 radical (unpaired) electrons. The summed E-state index contributed by atoms with van der Waals surface area (Å²) < 4.78 is 28.7. The number of sulfone groups is 1. The summed E-state index contributed by atoms with van der Waals surface area (Å²) in [6, 6.07) is 16.8. The molecule has 138 valence electrons. The number of nitrogens with one attached hydrogen (secondary N) is 2. The van der Waals surface area contributed by atoms with E-state index >= 15 is 0 Å². The summed E-state index contributed by atoms with van der Waals surface area (Å²) in [6.07, 6.45) is 2.53. The normalized spacial score (nSPS) is 23.1. The Bertz CT molecular complexity index is 851. The molecular formula is C19H23N3O3S. The van der Waals surface area contributed by atoms with Crippen LogP contribution in [0.4, 0.5) is 0 Å². The van der Waals surface area contributed by atoms with Crippen LogP contribution in [0, 0.1) is 0 Å². The Kier molecular flexibility index (Phi) is 5.83. The van der Waals surface area contributed by atoms with E-state index in [1.54, 1.807) is 37.6 Å². The lowest BCUT2D eigenvalue weighted by atomic mass is 10.0. The molecule has 1 aliphatic rings. The number of aliphatic imine (C=N–C) groups is 1. The zero-order chi connectivity index (χ0) is 18.6. The van der Waals surface area contributed by atoms with Crippen LogP contribution in [0.5, 0.6) is 0 Å². The molecule has 0 saturated heterocycles. The SMILES string of the molecule is COC1N=CC(NCc2ccccc2)NC1c1ccc(S(C)(=O)=O)cc1. The summed E-state index contributed by atoms with van der Waals surface area (Å²) >= 11 is 0. The molecule has 2 aromatic rings. The van der Waals surface area contributed by atoms with Crippen LogP contribution >= 0.6 is 0 Å². The van der Waals surface area contributed by atoms with Crippen molar-refractivity contribution in [3.63, 3.8) is 0 Å². The van der Waals surface area contributed by atoms with Crippen LogP contribution in [0.1, 0.15) is 17.2 Å². The van der Waals surface area contributed by atoms with Crippen molar-refractivity contribution in [1.82, 2.24) is 10.6 Å². The van der Waals surface area contributed by atoms with Gasteiger partial charge in [0.05, 0.1) is 17.1 Å². The van der Waals surface area contributed by atoms with Crippen LogP contribution in [0.2, 0.25) is 0 Å². The molecule has 0 spiro atoms. The van der Waals surface area contributed by atoms with E-state index < -0.39 is 9.84 Å². The molecule has 1 aliphatic heterocycles. The van der Waals surface area contributed by atoms with Gasteiger partial charge in [-0.3, -0.25) is 15.6 Å². The number of hydrogen-bond acceptors (Lipinski definition) is 6. The van der Waals surface area contributed by atoms with Gasteiger partial charge in [0.15, 0.2) is 16.1 Å². The van der Waals surface area contributed by atoms with Gasteiger partial charge < -0.3 is 4.74 Å². The van der Waals surface area contributed by atoms with E-state index in [1.807, 2.05) is 18.2 Å². The Morgan fingerprint density at radius 2 is 1.81 bits per heavy atom. The summed E-state index contributed by atoms with van der Waals surface area (Å²) in [5.41, 5.74) is 2.11. The molecule has 6 nitrogen and oxygen atoms in total. The van der Waals surface area contributed by atoms with Gasteiger partial charge in [-0.25, -0.2) is 8.42 Å². The molecule has 0 aliphatic carbocycles. The Balaban J connectivity index is 1.72. The third kappa shape index (κ3) is 4.56. The largest absolute Gasteiger partial charge is 0.358 e. The van der Waals surface area contributed by atoms with Crippen LogP contribution < -0.4 is 10.6 Å². The lowest BCUT2D eigenvalue weighted by Gasteiger charge is -2.32. The molecular weight excluding hydrogens is 350 g/mol. The number of ether oxygens (including phenoxy) is 1. The summed E-state index contributed by atoms with van der Waals surface area (Å²) in [6.45, 7) is 0.710. The second-order valence-electron chi connectivity index (χ2n) is 6.25. The van der Waals surface area contributed by atoms with E-state index in [2.05, 4.69) is 27.8 Å². The van der Waals surface area contributed by atoms with Gasteiger partial charge in [-0.1, -0.05) is 42.5 Å². The molecule has 2 N–H and O–H groups in total. The van der Waals surface area contributed by atoms with Gasteiger partial charge in [0.1, 0.15) is 0 Å². The third-order valence-electron chi connectivity index (χ3n) is 4.30. The zero-order valence-corrected chi connectivity index (χ0v) is 15.6. The fourth-order valence-electron chi connectivity index (χ4n) is 2.89. The maximum atomic E-state index is 11.6. The van der Waals surface area contributed by atoms with Crippen molar-refractivity contribution in [3.05, 3.63) is 65.7 Å². The Hall–Kier alpha value is -2.06. The second kappa shape index (κ2) is 8.09. The molecule has 0 bridgehead atoms. The van der Waals surface area contributed by atoms with Gasteiger partial charge in [0, 0.05) is 26.1 Å². The lowest BCUT2D eigenvalue weighted by Crippen LogP contribution is -2.51. The minimum absolute atomic E-state index is 0.110. The highest BCUT2D eigenvalue weighted by Gasteiger charge is 2.28. The van der Waals surface area contributed by atoms with Crippen molar-refractivity contribution in [1.29, 1.82) is 0 Å². The predicted molar refractivity (Wildman–Crippen MR) is 102 cm³/mol. The average Bonchev–Trinajstić information content (AvgIpc) is 2.66. The molecule has 2 aromatic carbocycles. The number of rotatable bonds is 6. The maximum Gasteiger partial charge on any atom is 0.175 e. The monoisotopic (exact) mass is 373 g/mol. The summed E-state index contributed by atoms with van der Waals surface area (Å²) in [5, 5.41) is 6.87. The number of methoxy groups -OCH3 is 1. The van der Waals surface area contributed by atoms with Crippen molar-refractivity contribution < 1.29 is 13.2 Å². The summed E-state index contributed by atoms with van der Waals surface area (Å²) in [7, 11) is -1.60. The fraction of sp³-hybridized carbons (Fsp3) is 0.316. The van der Waals surface area contributed by atoms with E-state index in [4.69, 9.17) is 4.74 Å². The van der Waals surface area contributed by atoms with Crippen LogP contribution in [0.3, 0.4) is 0 Å². The highest BCUT2D eigenvalue weighted by molar-refractivity contribution is 7.90. The fourth-order valence-corrected chi connectivity index (χ4v) is 3.52. The highest BCUT2D eigenvalue weighted by atomic mass is 32.2. The first kappa shape index (κ1) is 18.7. The first-order valence-electron chi connectivity index (χ1n) is 8.37. The zero-order valence-electron chi connectivity index (χ0n) is 14.8. The number of benzene rings is 2. The highest BCUT2D eigenvalue weighted by Crippen LogP contribution is 2.24. The van der Waals surface area contributed by atoms with Gasteiger partial charge in [0.25, 0.3) is 0 Å². The Labute approximate surface area is 154 Å². The predicted octanol–water partition coefficient (Wildman–Crippen LogP) is 1.89. The van der Waals surface area contributed by atoms with E-state index in [0.717, 1.165) is 5.56 Å². The van der Waals surface area contributed by atoms with E-state index in [9.17, 15) is 8.42 Å². The third-order valence-corrected chi connectivity index (χ3v) is 5.43. The van der Waals surface area contributed by atoms with E-state index in [-0.39, 0.29) is 18.4 Å². The molecule has 0 amide bonds. The van der Waals surface area contributed by atoms with Gasteiger partial charge in [-0.2, -0.15) is 0 Å². The molecule has 26 heavy (non-hydrogen) atoms. The molecule has 3 rings (SSSR count). The first-order chi connectivity index (χ1) is 12.5. The quantitative estimate of drug-likeness (QED) is 0.808. The summed E-state index contributed by atoms with van der Waals surface area (Å²) in [4.78, 5) is 4.78. The van der Waals surface area contributed by atoms with Crippen molar-refractivity contribution in [2.45, 2.75) is 29.9 Å². The lowest BCUT2D eigenvalue weighted by molar-refractivity contribution is 0.0663. The topological polar surface area (TPSA) is 79.8 Å². The van der Waals surface area contributed by atoms with Gasteiger partial charge in [-0.15, -0.1) is 0 Å². The van der Waals surface area contributed by atoms with Gasteiger partial charge in [-0.05, 0) is 23.3 Å². The number of nitrogens with zero attached hydrogens (tertiary/aromatic N) is 1. The number of hydrogen-bond donors (Lipinski definition) is 2. The molecule has 3 atom stereocenters. The van der Waals surface area contributed by atoms with Crippen LogP contribution in [0.25, 0.3) is 0 Å². The Morgan fingerprint density at radius 3 is 2.42 bits per heavy atom. The van der Waals surface area contributed by atoms with Crippen molar-refractivity contribution in [2.75, 3.05) is 13.4 Å². The molecule has 1 heterocycles. The summed E-state index contributed by atoms with van der Waals surface area (Å²) in [5.74, 6) is 0. The van der Waals surface area contributed by atoms with Crippen LogP contribution in [0.15, 0.2) is 64.5 Å². The van der Waals surface area contributed by atoms with Gasteiger partial charge in [0.2, 0.25) is 0 Å². The molecule has 0 fully saturated rings. The molecule has 0 saturated carbocycles. The standard InChI is InChI=1S/C19H23N3O3S/c1-25-19-18(15-8-10-16(11-9-15)26(2,23)24)22-17(13-21-19)20-12-14-6-4-3-5-7-14/h3-11,13,17-20,22H,12H2,1-2H3. The van der Waals surface area contributed by atoms with Crippen molar-refractivity contribution in [3.8, 4) is 0 Å². The van der Waals surface area contributed by atoms with E-state index in [1.165, 1.54) is 11.8 Å². The average molecular weight is 373 g/mol. The second-order valence-corrected chi connectivity index (χ2v) is 8.27. The Morgan fingerprint density at radius 1 is 1.12 bits per heavy atom. The smallest absolute Gasteiger partial charge is 0.175 e. The maximum absolute atomic E-state index is 11.6. The minimum Gasteiger partial charge on any atom is -0.358 e. The van der Waals surface area contributed by atoms with Crippen molar-refractivity contribution >= 4 is 16.1 Å². The first-order valence-corrected chi connectivity index (χ1v) is 10.3. The van der Waals surface area contributed by atoms with Crippen LogP contribution in [-0.2, 0) is 21.1 Å². The minimum atomic E-state index is -3.21. The van der Waals surface area contributed by atoms with Gasteiger partial charge >= 0.3 is 0 Å². The van der Waals surface area contributed by atoms with Crippen LogP contribution in [-0.4, -0.2) is 40.4 Å². The van der Waals surface area contributed by atoms with E-state index in [0.29, 0.717) is 11.4 Å². The van der Waals surface area contributed by atoms with Crippen molar-refractivity contribution in [2.24, 2.45) is 4.99 Å². The molecule has 7 heteroatoms. The molecule has 0 aromatic heterocycles. The molecule has 3 unspecified atom stereocenters.